The van der Waals surface area contributed by atoms with Gasteiger partial charge in [-0.25, -0.2) is 19.9 Å². The minimum absolute atomic E-state index is 0.176. The van der Waals surface area contributed by atoms with E-state index >= 15 is 0 Å². The molecule has 6 nitrogen and oxygen atoms in total. The number of nitrogens with zero attached hydrogens (tertiary/aromatic N) is 5. The summed E-state index contributed by atoms with van der Waals surface area (Å²) in [6, 6.07) is 1.16. The molecule has 3 heterocycles. The number of hydrogen-bond donors (Lipinski definition) is 1. The normalized spacial score (nSPS) is 17.7. The summed E-state index contributed by atoms with van der Waals surface area (Å²) in [6.07, 6.45) is 2.49. The molecule has 0 spiro atoms. The van der Waals surface area contributed by atoms with E-state index in [-0.39, 0.29) is 27.2 Å². The average molecular weight is 488 g/mol. The number of nitrogens with two attached hydrogens (primary N) is 1. The Balaban J connectivity index is 1.79. The third-order valence-electron chi connectivity index (χ3n) is 4.73. The summed E-state index contributed by atoms with van der Waals surface area (Å²) in [7, 11) is 0. The standard InChI is InChI=1S/C18H15BrClF3N6/c19-12-5-9(18(21,22)23)8-29-14(7-25-16(12)29)15-13(20)6-26-17(28-15)27-11-3-1-10(24)2-4-11/h5-8,10H,1-4,24H2. The Morgan fingerprint density at radius 1 is 1.21 bits per heavy atom. The largest absolute Gasteiger partial charge is 0.417 e. The van der Waals surface area contributed by atoms with Crippen LogP contribution < -0.4 is 5.73 Å². The molecule has 1 fully saturated rings. The number of hydrogen-bond acceptors (Lipinski definition) is 5. The number of alkyl halides is 3. The average Bonchev–Trinajstić information content (AvgIpc) is 3.09. The summed E-state index contributed by atoms with van der Waals surface area (Å²) in [4.78, 5) is 17.2. The molecule has 0 aliphatic heterocycles. The van der Waals surface area contributed by atoms with E-state index < -0.39 is 11.7 Å². The van der Waals surface area contributed by atoms with Crippen LogP contribution in [0.15, 0.2) is 34.1 Å². The van der Waals surface area contributed by atoms with Gasteiger partial charge in [0.05, 0.1) is 33.1 Å². The molecule has 1 saturated carbocycles. The third-order valence-corrected chi connectivity index (χ3v) is 5.59. The second-order valence-electron chi connectivity index (χ2n) is 6.79. The van der Waals surface area contributed by atoms with Crippen molar-refractivity contribution in [3.8, 4) is 11.4 Å². The summed E-state index contributed by atoms with van der Waals surface area (Å²) in [5.74, 6) is 0.205. The van der Waals surface area contributed by atoms with E-state index in [0.29, 0.717) is 11.3 Å². The molecular formula is C18H15BrClF3N6. The predicted molar refractivity (Wildman–Crippen MR) is 107 cm³/mol. The van der Waals surface area contributed by atoms with Crippen LogP contribution in [0.3, 0.4) is 0 Å². The lowest BCUT2D eigenvalue weighted by Gasteiger charge is -2.18. The molecule has 1 aliphatic rings. The molecule has 0 saturated heterocycles. The van der Waals surface area contributed by atoms with Crippen LogP contribution in [0.4, 0.5) is 19.1 Å². The Labute approximate surface area is 177 Å². The predicted octanol–water partition coefficient (Wildman–Crippen LogP) is 5.20. The molecule has 3 aromatic rings. The minimum atomic E-state index is -4.51. The lowest BCUT2D eigenvalue weighted by molar-refractivity contribution is -0.137. The Hall–Kier alpha value is -2.04. The number of fused-ring (bicyclic) bond motifs is 1. The van der Waals surface area contributed by atoms with Crippen LogP contribution in [0.1, 0.15) is 31.2 Å². The number of rotatable bonds is 2. The van der Waals surface area contributed by atoms with Gasteiger partial charge in [0.25, 0.3) is 0 Å². The summed E-state index contributed by atoms with van der Waals surface area (Å²) < 4.78 is 41.2. The molecule has 0 atom stereocenters. The highest BCUT2D eigenvalue weighted by atomic mass is 79.9. The van der Waals surface area contributed by atoms with Crippen molar-refractivity contribution in [2.75, 3.05) is 0 Å². The number of pyridine rings is 1. The zero-order valence-corrected chi connectivity index (χ0v) is 17.3. The highest BCUT2D eigenvalue weighted by Gasteiger charge is 2.32. The van der Waals surface area contributed by atoms with Gasteiger partial charge in [0.1, 0.15) is 5.69 Å². The van der Waals surface area contributed by atoms with E-state index in [1.54, 1.807) is 0 Å². The maximum atomic E-state index is 13.2. The van der Waals surface area contributed by atoms with Crippen molar-refractivity contribution in [2.24, 2.45) is 10.7 Å². The van der Waals surface area contributed by atoms with Crippen molar-refractivity contribution in [1.29, 1.82) is 0 Å². The Morgan fingerprint density at radius 3 is 2.62 bits per heavy atom. The van der Waals surface area contributed by atoms with E-state index in [4.69, 9.17) is 17.3 Å². The van der Waals surface area contributed by atoms with Crippen LogP contribution in [0, 0.1) is 0 Å². The van der Waals surface area contributed by atoms with Gasteiger partial charge in [0.15, 0.2) is 5.65 Å². The zero-order valence-electron chi connectivity index (χ0n) is 14.9. The molecule has 0 unspecified atom stereocenters. The lowest BCUT2D eigenvalue weighted by Crippen LogP contribution is -2.26. The smallest absolute Gasteiger partial charge is 0.328 e. The Kier molecular flexibility index (Phi) is 5.34. The third kappa shape index (κ3) is 4.15. The fourth-order valence-corrected chi connectivity index (χ4v) is 3.92. The van der Waals surface area contributed by atoms with E-state index in [1.807, 2.05) is 0 Å². The van der Waals surface area contributed by atoms with Crippen LogP contribution in [0.25, 0.3) is 17.0 Å². The molecule has 2 N–H and O–H groups in total. The van der Waals surface area contributed by atoms with E-state index in [9.17, 15) is 13.2 Å². The van der Waals surface area contributed by atoms with Gasteiger partial charge in [0.2, 0.25) is 5.95 Å². The van der Waals surface area contributed by atoms with E-state index in [1.165, 1.54) is 16.8 Å². The molecular weight excluding hydrogens is 473 g/mol. The number of aliphatic imine (C=N–C) groups is 1. The van der Waals surface area contributed by atoms with Gasteiger partial charge in [-0.15, -0.1) is 0 Å². The molecule has 0 amide bonds. The van der Waals surface area contributed by atoms with Gasteiger partial charge in [-0.05, 0) is 47.7 Å². The van der Waals surface area contributed by atoms with E-state index in [0.717, 1.165) is 43.7 Å². The SMILES string of the molecule is NC1CCC(=Nc2ncc(Cl)c(-c3cnc4c(Br)cc(C(F)(F)F)cn34)n2)CC1. The second kappa shape index (κ2) is 7.66. The van der Waals surface area contributed by atoms with Crippen molar-refractivity contribution in [3.05, 3.63) is 39.7 Å². The second-order valence-corrected chi connectivity index (χ2v) is 8.06. The maximum absolute atomic E-state index is 13.2. The molecule has 4 rings (SSSR count). The molecule has 0 radical (unpaired) electrons. The van der Waals surface area contributed by atoms with Crippen molar-refractivity contribution in [2.45, 2.75) is 37.9 Å². The van der Waals surface area contributed by atoms with Crippen LogP contribution in [-0.2, 0) is 6.18 Å². The molecule has 1 aliphatic carbocycles. The van der Waals surface area contributed by atoms with Crippen LogP contribution in [0.2, 0.25) is 5.02 Å². The fraction of sp³-hybridized carbons (Fsp3) is 0.333. The molecule has 0 bridgehead atoms. The molecule has 29 heavy (non-hydrogen) atoms. The highest BCUT2D eigenvalue weighted by Crippen LogP contribution is 2.35. The van der Waals surface area contributed by atoms with Crippen LogP contribution >= 0.6 is 27.5 Å². The van der Waals surface area contributed by atoms with Gasteiger partial charge in [-0.3, -0.25) is 4.40 Å². The van der Waals surface area contributed by atoms with Gasteiger partial charge in [-0.1, -0.05) is 11.6 Å². The quantitative estimate of drug-likeness (QED) is 0.539. The van der Waals surface area contributed by atoms with Gasteiger partial charge in [0, 0.05) is 18.0 Å². The van der Waals surface area contributed by atoms with Crippen LogP contribution in [0.5, 0.6) is 0 Å². The molecule has 11 heteroatoms. The molecule has 0 aromatic carbocycles. The van der Waals surface area contributed by atoms with Crippen molar-refractivity contribution in [1.82, 2.24) is 19.4 Å². The number of imidazole rings is 1. The summed E-state index contributed by atoms with van der Waals surface area (Å²) >= 11 is 9.40. The maximum Gasteiger partial charge on any atom is 0.417 e. The number of aromatic nitrogens is 4. The Bertz CT molecular complexity index is 1100. The first kappa shape index (κ1) is 20.2. The van der Waals surface area contributed by atoms with Crippen LogP contribution in [-0.4, -0.2) is 31.1 Å². The molecule has 152 valence electrons. The van der Waals surface area contributed by atoms with Crippen molar-refractivity contribution < 1.29 is 13.2 Å². The van der Waals surface area contributed by atoms with Gasteiger partial charge < -0.3 is 5.73 Å². The summed E-state index contributed by atoms with van der Waals surface area (Å²) in [6.45, 7) is 0. The monoisotopic (exact) mass is 486 g/mol. The first-order valence-electron chi connectivity index (χ1n) is 8.81. The first-order valence-corrected chi connectivity index (χ1v) is 9.98. The first-order chi connectivity index (χ1) is 13.7. The van der Waals surface area contributed by atoms with Crippen molar-refractivity contribution in [3.63, 3.8) is 0 Å². The lowest BCUT2D eigenvalue weighted by atomic mass is 9.94. The van der Waals surface area contributed by atoms with E-state index in [2.05, 4.69) is 35.9 Å². The zero-order chi connectivity index (χ0) is 20.8. The minimum Gasteiger partial charge on any atom is -0.328 e. The summed E-state index contributed by atoms with van der Waals surface area (Å²) in [5, 5.41) is 0.190. The van der Waals surface area contributed by atoms with Crippen molar-refractivity contribution >= 4 is 44.8 Å². The topological polar surface area (TPSA) is 81.5 Å². The van der Waals surface area contributed by atoms with Gasteiger partial charge >= 0.3 is 6.18 Å². The summed E-state index contributed by atoms with van der Waals surface area (Å²) in [5.41, 5.74) is 6.92. The van der Waals surface area contributed by atoms with Gasteiger partial charge in [-0.2, -0.15) is 13.2 Å². The Morgan fingerprint density at radius 2 is 1.93 bits per heavy atom. The molecule has 3 aromatic heterocycles. The highest BCUT2D eigenvalue weighted by molar-refractivity contribution is 9.10. The number of halogens is 5. The fourth-order valence-electron chi connectivity index (χ4n) is 3.19.